The van der Waals surface area contributed by atoms with E-state index >= 15 is 0 Å². The van der Waals surface area contributed by atoms with Gasteiger partial charge in [-0.05, 0) is 30.5 Å². The van der Waals surface area contributed by atoms with Crippen LogP contribution in [-0.4, -0.2) is 23.0 Å². The first-order valence-corrected chi connectivity index (χ1v) is 10.1. The van der Waals surface area contributed by atoms with Crippen molar-refractivity contribution in [3.63, 3.8) is 0 Å². The van der Waals surface area contributed by atoms with Gasteiger partial charge in [0.1, 0.15) is 0 Å². The van der Waals surface area contributed by atoms with E-state index in [0.717, 1.165) is 32.1 Å². The molecule has 1 saturated carbocycles. The second-order valence-electron chi connectivity index (χ2n) is 7.64. The smallest absolute Gasteiger partial charge is 0.338 e. The summed E-state index contributed by atoms with van der Waals surface area (Å²) in [5.41, 5.74) is 1.13. The van der Waals surface area contributed by atoms with Gasteiger partial charge in [0.2, 0.25) is 0 Å². The fraction of sp³-hybridized carbons (Fsp3) is 0.417. The minimum absolute atomic E-state index is 0.0133. The summed E-state index contributed by atoms with van der Waals surface area (Å²) >= 11 is 0. The summed E-state index contributed by atoms with van der Waals surface area (Å²) in [6, 6.07) is 17.9. The van der Waals surface area contributed by atoms with Crippen LogP contribution < -0.4 is 0 Å². The highest BCUT2D eigenvalue weighted by atomic mass is 16.5. The van der Waals surface area contributed by atoms with E-state index < -0.39 is 24.1 Å². The Labute approximate surface area is 166 Å². The minimum Gasteiger partial charge on any atom is -0.450 e. The topological polar surface area (TPSA) is 63.6 Å². The fourth-order valence-electron chi connectivity index (χ4n) is 3.93. The van der Waals surface area contributed by atoms with E-state index in [2.05, 4.69) is 0 Å². The summed E-state index contributed by atoms with van der Waals surface area (Å²) in [5.74, 6) is -1.32. The molecule has 3 atom stereocenters. The van der Waals surface area contributed by atoms with Gasteiger partial charge in [-0.2, -0.15) is 0 Å². The van der Waals surface area contributed by atoms with E-state index in [9.17, 15) is 14.7 Å². The molecule has 2 aromatic carbocycles. The number of carbonyl (C=O) groups is 2. The monoisotopic (exact) mass is 380 g/mol. The van der Waals surface area contributed by atoms with Gasteiger partial charge in [-0.1, -0.05) is 74.7 Å². The quantitative estimate of drug-likeness (QED) is 0.705. The van der Waals surface area contributed by atoms with Crippen molar-refractivity contribution < 1.29 is 19.4 Å². The largest absolute Gasteiger partial charge is 0.450 e. The normalized spacial score (nSPS) is 18.1. The highest BCUT2D eigenvalue weighted by Gasteiger charge is 2.38. The average Bonchev–Trinajstić information content (AvgIpc) is 2.77. The minimum atomic E-state index is -0.921. The average molecular weight is 380 g/mol. The molecule has 3 rings (SSSR count). The molecule has 4 nitrogen and oxygen atoms in total. The Hall–Kier alpha value is -2.46. The molecular weight excluding hydrogens is 352 g/mol. The lowest BCUT2D eigenvalue weighted by Gasteiger charge is -2.31. The third-order valence-electron chi connectivity index (χ3n) is 5.67. The first kappa shape index (κ1) is 20.3. The molecule has 1 fully saturated rings. The van der Waals surface area contributed by atoms with E-state index in [-0.39, 0.29) is 11.7 Å². The summed E-state index contributed by atoms with van der Waals surface area (Å²) in [7, 11) is 0. The van der Waals surface area contributed by atoms with Crippen molar-refractivity contribution in [1.82, 2.24) is 0 Å². The standard InChI is InChI=1S/C24H28O4/c1-17(21(25)18-11-5-2-6-12-18)22(26)23(19-13-7-3-8-14-19)28-24(27)20-15-9-4-10-16-20/h2,4-6,9-12,15-17,19,21,23,25H,3,7-8,13-14H2,1H3/t17-,21-,23+/m1/s1. The second-order valence-corrected chi connectivity index (χ2v) is 7.64. The number of hydrogen-bond acceptors (Lipinski definition) is 4. The van der Waals surface area contributed by atoms with Crippen LogP contribution in [0.4, 0.5) is 0 Å². The van der Waals surface area contributed by atoms with E-state index in [1.807, 2.05) is 24.3 Å². The number of ketones is 1. The molecule has 1 aliphatic carbocycles. The highest BCUT2D eigenvalue weighted by Crippen LogP contribution is 2.33. The van der Waals surface area contributed by atoms with Crippen LogP contribution >= 0.6 is 0 Å². The lowest BCUT2D eigenvalue weighted by molar-refractivity contribution is -0.138. The maximum absolute atomic E-state index is 13.3. The summed E-state index contributed by atoms with van der Waals surface area (Å²) in [4.78, 5) is 25.9. The SMILES string of the molecule is C[C@@H](C(=O)[C@@H](OC(=O)c1ccccc1)C1CCCCC1)[C@@H](O)c1ccccc1. The highest BCUT2D eigenvalue weighted by molar-refractivity contribution is 5.93. The maximum Gasteiger partial charge on any atom is 0.338 e. The van der Waals surface area contributed by atoms with Gasteiger partial charge in [0, 0.05) is 11.8 Å². The zero-order valence-corrected chi connectivity index (χ0v) is 16.3. The lowest BCUT2D eigenvalue weighted by Crippen LogP contribution is -2.40. The van der Waals surface area contributed by atoms with Gasteiger partial charge in [-0.3, -0.25) is 4.79 Å². The van der Waals surface area contributed by atoms with E-state index in [4.69, 9.17) is 4.74 Å². The molecule has 148 valence electrons. The molecule has 1 aliphatic rings. The summed E-state index contributed by atoms with van der Waals surface area (Å²) < 4.78 is 5.75. The third-order valence-corrected chi connectivity index (χ3v) is 5.67. The molecule has 0 heterocycles. The van der Waals surface area contributed by atoms with Crippen LogP contribution in [0, 0.1) is 11.8 Å². The first-order chi connectivity index (χ1) is 13.6. The van der Waals surface area contributed by atoms with Crippen molar-refractivity contribution in [2.24, 2.45) is 11.8 Å². The van der Waals surface area contributed by atoms with Gasteiger partial charge < -0.3 is 9.84 Å². The number of benzene rings is 2. The van der Waals surface area contributed by atoms with Crippen LogP contribution in [0.3, 0.4) is 0 Å². The molecule has 0 unspecified atom stereocenters. The van der Waals surface area contributed by atoms with E-state index in [0.29, 0.717) is 11.1 Å². The lowest BCUT2D eigenvalue weighted by atomic mass is 9.80. The summed E-state index contributed by atoms with van der Waals surface area (Å²) in [6.45, 7) is 1.71. The summed E-state index contributed by atoms with van der Waals surface area (Å²) in [5, 5.41) is 10.7. The van der Waals surface area contributed by atoms with Crippen LogP contribution in [0.2, 0.25) is 0 Å². The number of carbonyl (C=O) groups excluding carboxylic acids is 2. The van der Waals surface area contributed by atoms with Crippen LogP contribution in [0.25, 0.3) is 0 Å². The zero-order valence-electron chi connectivity index (χ0n) is 16.3. The number of aliphatic hydroxyl groups is 1. The van der Waals surface area contributed by atoms with Gasteiger partial charge >= 0.3 is 5.97 Å². The predicted octanol–water partition coefficient (Wildman–Crippen LogP) is 4.73. The maximum atomic E-state index is 13.3. The molecule has 0 radical (unpaired) electrons. The van der Waals surface area contributed by atoms with E-state index in [1.165, 1.54) is 0 Å². The predicted molar refractivity (Wildman–Crippen MR) is 108 cm³/mol. The fourth-order valence-corrected chi connectivity index (χ4v) is 3.93. The zero-order chi connectivity index (χ0) is 19.9. The van der Waals surface area contributed by atoms with Gasteiger partial charge in [-0.25, -0.2) is 4.79 Å². The van der Waals surface area contributed by atoms with Gasteiger partial charge in [0.25, 0.3) is 0 Å². The third kappa shape index (κ3) is 4.87. The second kappa shape index (κ2) is 9.65. The first-order valence-electron chi connectivity index (χ1n) is 10.1. The molecule has 4 heteroatoms. The molecular formula is C24H28O4. The van der Waals surface area contributed by atoms with Crippen LogP contribution in [0.5, 0.6) is 0 Å². The van der Waals surface area contributed by atoms with Crippen molar-refractivity contribution in [3.05, 3.63) is 71.8 Å². The molecule has 0 bridgehead atoms. The Morgan fingerprint density at radius 2 is 1.50 bits per heavy atom. The van der Waals surface area contributed by atoms with Crippen LogP contribution in [0.15, 0.2) is 60.7 Å². The number of rotatable bonds is 7. The number of aliphatic hydroxyl groups excluding tert-OH is 1. The van der Waals surface area contributed by atoms with Crippen molar-refractivity contribution >= 4 is 11.8 Å². The van der Waals surface area contributed by atoms with E-state index in [1.54, 1.807) is 43.3 Å². The van der Waals surface area contributed by atoms with Crippen molar-refractivity contribution in [1.29, 1.82) is 0 Å². The van der Waals surface area contributed by atoms with Crippen LogP contribution in [0.1, 0.15) is 61.1 Å². The molecule has 2 aromatic rings. The number of hydrogen-bond donors (Lipinski definition) is 1. The Bertz CT molecular complexity index is 766. The van der Waals surface area contributed by atoms with Gasteiger partial charge in [0.15, 0.2) is 11.9 Å². The van der Waals surface area contributed by atoms with Gasteiger partial charge in [0.05, 0.1) is 11.7 Å². The van der Waals surface area contributed by atoms with Crippen molar-refractivity contribution in [2.75, 3.05) is 0 Å². The van der Waals surface area contributed by atoms with Crippen LogP contribution in [-0.2, 0) is 9.53 Å². The molecule has 28 heavy (non-hydrogen) atoms. The number of esters is 1. The van der Waals surface area contributed by atoms with Crippen molar-refractivity contribution in [3.8, 4) is 0 Å². The van der Waals surface area contributed by atoms with Gasteiger partial charge in [-0.15, -0.1) is 0 Å². The summed E-state index contributed by atoms with van der Waals surface area (Å²) in [6.07, 6.45) is 3.21. The Kier molecular flexibility index (Phi) is 6.99. The number of ether oxygens (including phenoxy) is 1. The Morgan fingerprint density at radius 1 is 0.929 bits per heavy atom. The molecule has 0 spiro atoms. The molecule has 1 N–H and O–H groups in total. The molecule has 0 amide bonds. The number of Topliss-reactive ketones (excluding diaryl/α,β-unsaturated/α-hetero) is 1. The Morgan fingerprint density at radius 3 is 2.11 bits per heavy atom. The molecule has 0 aliphatic heterocycles. The Balaban J connectivity index is 1.79. The molecule has 0 saturated heterocycles. The molecule has 0 aromatic heterocycles. The van der Waals surface area contributed by atoms with Crippen molar-refractivity contribution in [2.45, 2.75) is 51.2 Å².